The number of benzene rings is 1. The van der Waals surface area contributed by atoms with Crippen molar-refractivity contribution in [2.75, 3.05) is 6.61 Å². The van der Waals surface area contributed by atoms with E-state index >= 15 is 0 Å². The van der Waals surface area contributed by atoms with Crippen LogP contribution >= 0.6 is 0 Å². The first-order chi connectivity index (χ1) is 10.1. The molecule has 0 fully saturated rings. The van der Waals surface area contributed by atoms with E-state index in [0.717, 1.165) is 31.5 Å². The zero-order valence-electron chi connectivity index (χ0n) is 12.9. The molecule has 2 aromatic rings. The highest BCUT2D eigenvalue weighted by Crippen LogP contribution is 2.12. The highest BCUT2D eigenvalue weighted by atomic mass is 16.3. The van der Waals surface area contributed by atoms with Gasteiger partial charge in [-0.15, -0.1) is 0 Å². The van der Waals surface area contributed by atoms with Crippen LogP contribution in [0, 0.1) is 0 Å². The molecule has 1 aromatic carbocycles. The zero-order valence-corrected chi connectivity index (χ0v) is 12.9. The van der Waals surface area contributed by atoms with Gasteiger partial charge in [0.15, 0.2) is 0 Å². The summed E-state index contributed by atoms with van der Waals surface area (Å²) in [4.78, 5) is 0. The number of aromatic nitrogens is 2. The Morgan fingerprint density at radius 2 is 2.00 bits per heavy atom. The zero-order chi connectivity index (χ0) is 15.1. The van der Waals surface area contributed by atoms with Gasteiger partial charge in [-0.1, -0.05) is 43.7 Å². The molecule has 2 N–H and O–H groups in total. The Labute approximate surface area is 126 Å². The predicted molar refractivity (Wildman–Crippen MR) is 85.0 cm³/mol. The minimum absolute atomic E-state index is 0.152. The first kappa shape index (κ1) is 15.7. The molecule has 1 unspecified atom stereocenters. The van der Waals surface area contributed by atoms with E-state index in [4.69, 9.17) is 0 Å². The quantitative estimate of drug-likeness (QED) is 0.784. The van der Waals surface area contributed by atoms with E-state index in [1.54, 1.807) is 0 Å². The number of hydrogen-bond acceptors (Lipinski definition) is 3. The van der Waals surface area contributed by atoms with Gasteiger partial charge in [0.25, 0.3) is 0 Å². The molecule has 2 rings (SSSR count). The topological polar surface area (TPSA) is 50.1 Å². The maximum absolute atomic E-state index is 9.51. The third-order valence-electron chi connectivity index (χ3n) is 3.74. The summed E-state index contributed by atoms with van der Waals surface area (Å²) in [5, 5.41) is 17.3. The van der Waals surface area contributed by atoms with E-state index in [0.29, 0.717) is 0 Å². The minimum atomic E-state index is -0.212. The van der Waals surface area contributed by atoms with Crippen LogP contribution < -0.4 is 5.32 Å². The van der Waals surface area contributed by atoms with Crippen LogP contribution in [0.4, 0.5) is 0 Å². The highest BCUT2D eigenvalue weighted by molar-refractivity contribution is 5.15. The number of hydrogen-bond donors (Lipinski definition) is 2. The molecule has 0 aliphatic heterocycles. The van der Waals surface area contributed by atoms with Crippen molar-refractivity contribution in [3.05, 3.63) is 53.9 Å². The Balaban J connectivity index is 1.91. The van der Waals surface area contributed by atoms with Gasteiger partial charge in [0.1, 0.15) is 0 Å². The molecule has 0 radical (unpaired) electrons. The average Bonchev–Trinajstić information content (AvgIpc) is 2.94. The Kier molecular flexibility index (Phi) is 5.53. The molecular formula is C17H25N3O. The van der Waals surface area contributed by atoms with Crippen LogP contribution in [0.25, 0.3) is 0 Å². The molecule has 0 bridgehead atoms. The third kappa shape index (κ3) is 4.69. The van der Waals surface area contributed by atoms with Gasteiger partial charge < -0.3 is 10.4 Å². The van der Waals surface area contributed by atoms with Crippen molar-refractivity contribution in [1.82, 2.24) is 15.1 Å². The molecule has 0 saturated carbocycles. The first-order valence-corrected chi connectivity index (χ1v) is 7.56. The van der Waals surface area contributed by atoms with Crippen LogP contribution in [0.3, 0.4) is 0 Å². The van der Waals surface area contributed by atoms with Crippen LogP contribution in [-0.2, 0) is 13.1 Å². The number of aliphatic hydroxyl groups is 1. The van der Waals surface area contributed by atoms with Gasteiger partial charge in [0.2, 0.25) is 0 Å². The summed E-state index contributed by atoms with van der Waals surface area (Å²) in [5.41, 5.74) is 2.17. The highest BCUT2D eigenvalue weighted by Gasteiger charge is 2.21. The molecule has 4 nitrogen and oxygen atoms in total. The van der Waals surface area contributed by atoms with E-state index < -0.39 is 0 Å². The van der Waals surface area contributed by atoms with Crippen LogP contribution in [0.2, 0.25) is 0 Å². The van der Waals surface area contributed by atoms with Gasteiger partial charge in [0.05, 0.1) is 19.3 Å². The second-order valence-corrected chi connectivity index (χ2v) is 5.85. The second kappa shape index (κ2) is 7.38. The maximum atomic E-state index is 9.51. The molecule has 0 spiro atoms. The Bertz CT molecular complexity index is 538. The summed E-state index contributed by atoms with van der Waals surface area (Å²) in [6.07, 6.45) is 5.96. The molecule has 0 amide bonds. The predicted octanol–water partition coefficient (Wildman–Crippen LogP) is 2.57. The monoisotopic (exact) mass is 287 g/mol. The normalized spacial score (nSPS) is 14.0. The van der Waals surface area contributed by atoms with Crippen LogP contribution in [-0.4, -0.2) is 27.0 Å². The lowest BCUT2D eigenvalue weighted by atomic mass is 9.97. The van der Waals surface area contributed by atoms with Crippen LogP contribution in [0.1, 0.15) is 37.8 Å². The average molecular weight is 287 g/mol. The Hall–Kier alpha value is -1.65. The van der Waals surface area contributed by atoms with Crippen molar-refractivity contribution < 1.29 is 5.11 Å². The standard InChI is InChI=1S/C17H25N3O/c1-3-9-17(2,14-21)18-10-16-11-19-20(13-16)12-15-7-5-4-6-8-15/h4-8,11,13,18,21H,3,9-10,12,14H2,1-2H3. The van der Waals surface area contributed by atoms with Gasteiger partial charge in [-0.2, -0.15) is 5.10 Å². The van der Waals surface area contributed by atoms with Crippen molar-refractivity contribution in [2.45, 2.75) is 45.3 Å². The van der Waals surface area contributed by atoms with Crippen LogP contribution in [0.15, 0.2) is 42.7 Å². The molecule has 0 aliphatic carbocycles. The molecule has 21 heavy (non-hydrogen) atoms. The molecular weight excluding hydrogens is 262 g/mol. The molecule has 1 aromatic heterocycles. The number of aliphatic hydroxyl groups excluding tert-OH is 1. The summed E-state index contributed by atoms with van der Waals surface area (Å²) < 4.78 is 1.95. The number of rotatable bonds is 8. The molecule has 0 aliphatic rings. The van der Waals surface area contributed by atoms with Crippen molar-refractivity contribution in [3.8, 4) is 0 Å². The van der Waals surface area contributed by atoms with E-state index in [-0.39, 0.29) is 12.1 Å². The first-order valence-electron chi connectivity index (χ1n) is 7.56. The molecule has 1 heterocycles. The minimum Gasteiger partial charge on any atom is -0.394 e. The summed E-state index contributed by atoms with van der Waals surface area (Å²) >= 11 is 0. The summed E-state index contributed by atoms with van der Waals surface area (Å²) in [6.45, 7) is 5.86. The number of nitrogens with one attached hydrogen (secondary N) is 1. The van der Waals surface area contributed by atoms with E-state index in [9.17, 15) is 5.11 Å². The summed E-state index contributed by atoms with van der Waals surface area (Å²) in [6, 6.07) is 10.3. The SMILES string of the molecule is CCCC(C)(CO)NCc1cnn(Cc2ccccc2)c1. The smallest absolute Gasteiger partial charge is 0.0659 e. The third-order valence-corrected chi connectivity index (χ3v) is 3.74. The Morgan fingerprint density at radius 1 is 1.24 bits per heavy atom. The van der Waals surface area contributed by atoms with Crippen LogP contribution in [0.5, 0.6) is 0 Å². The van der Waals surface area contributed by atoms with Gasteiger partial charge in [-0.3, -0.25) is 4.68 Å². The fraction of sp³-hybridized carbons (Fsp3) is 0.471. The van der Waals surface area contributed by atoms with E-state index in [2.05, 4.69) is 42.6 Å². The molecule has 4 heteroatoms. The van der Waals surface area contributed by atoms with E-state index in [1.165, 1.54) is 5.56 Å². The fourth-order valence-electron chi connectivity index (χ4n) is 2.45. The number of nitrogens with zero attached hydrogens (tertiary/aromatic N) is 2. The van der Waals surface area contributed by atoms with Crippen molar-refractivity contribution in [3.63, 3.8) is 0 Å². The molecule has 1 atom stereocenters. The molecule has 0 saturated heterocycles. The fourth-order valence-corrected chi connectivity index (χ4v) is 2.45. The lowest BCUT2D eigenvalue weighted by Crippen LogP contribution is -2.45. The van der Waals surface area contributed by atoms with Gasteiger partial charge in [-0.25, -0.2) is 0 Å². The van der Waals surface area contributed by atoms with Gasteiger partial charge in [-0.05, 0) is 18.9 Å². The van der Waals surface area contributed by atoms with E-state index in [1.807, 2.05) is 29.1 Å². The summed E-state index contributed by atoms with van der Waals surface area (Å²) in [5.74, 6) is 0. The lowest BCUT2D eigenvalue weighted by Gasteiger charge is -2.28. The van der Waals surface area contributed by atoms with Gasteiger partial charge >= 0.3 is 0 Å². The van der Waals surface area contributed by atoms with Crippen molar-refractivity contribution >= 4 is 0 Å². The Morgan fingerprint density at radius 3 is 2.67 bits per heavy atom. The van der Waals surface area contributed by atoms with Crippen molar-refractivity contribution in [1.29, 1.82) is 0 Å². The lowest BCUT2D eigenvalue weighted by molar-refractivity contribution is 0.163. The maximum Gasteiger partial charge on any atom is 0.0659 e. The van der Waals surface area contributed by atoms with Crippen molar-refractivity contribution in [2.24, 2.45) is 0 Å². The largest absolute Gasteiger partial charge is 0.394 e. The summed E-state index contributed by atoms with van der Waals surface area (Å²) in [7, 11) is 0. The molecule has 114 valence electrons. The second-order valence-electron chi connectivity index (χ2n) is 5.85. The van der Waals surface area contributed by atoms with Gasteiger partial charge in [0, 0.05) is 23.8 Å².